The summed E-state index contributed by atoms with van der Waals surface area (Å²) in [4.78, 5) is 11.7. The molecule has 0 amide bonds. The summed E-state index contributed by atoms with van der Waals surface area (Å²) in [6.07, 6.45) is 1.95. The molecule has 0 spiro atoms. The fraction of sp³-hybridized carbons (Fsp3) is 0.188. The van der Waals surface area contributed by atoms with E-state index in [1.165, 1.54) is 16.7 Å². The quantitative estimate of drug-likeness (QED) is 0.123. The molecule has 3 heterocycles. The first-order valence-corrected chi connectivity index (χ1v) is 24.3. The summed E-state index contributed by atoms with van der Waals surface area (Å²) < 4.78 is 9.06. The Morgan fingerprint density at radius 3 is 1.83 bits per heavy atom. The number of benzene rings is 8. The van der Waals surface area contributed by atoms with Crippen molar-refractivity contribution in [1.29, 1.82) is 0 Å². The zero-order chi connectivity index (χ0) is 48.0. The number of pyridine rings is 1. The Morgan fingerprint density at radius 2 is 1.13 bits per heavy atom. The maximum atomic E-state index is 6.71. The fourth-order valence-corrected chi connectivity index (χ4v) is 10.1. The molecule has 3 aromatic heterocycles. The molecule has 0 aliphatic rings. The van der Waals surface area contributed by atoms with Gasteiger partial charge >= 0.3 is 21.1 Å². The van der Waals surface area contributed by atoms with Crippen molar-refractivity contribution in [2.24, 2.45) is 0 Å². The van der Waals surface area contributed by atoms with Gasteiger partial charge in [0, 0.05) is 50.2 Å². The summed E-state index contributed by atoms with van der Waals surface area (Å²) in [5.74, 6) is 0.780. The number of hydrogen-bond acceptors (Lipinski definition) is 4. The molecule has 0 atom stereocenters. The molecule has 348 valence electrons. The molecule has 0 saturated carbocycles. The number of rotatable bonds is 6. The monoisotopic (exact) mass is 1110 g/mol. The van der Waals surface area contributed by atoms with Crippen LogP contribution < -0.4 is 0 Å². The maximum Gasteiger partial charge on any atom is 2.00 e. The first-order valence-electron chi connectivity index (χ1n) is 23.9. The van der Waals surface area contributed by atoms with E-state index in [-0.39, 0.29) is 37.3 Å². The summed E-state index contributed by atoms with van der Waals surface area (Å²) in [5.41, 5.74) is 17.8. The van der Waals surface area contributed by atoms with E-state index in [4.69, 9.17) is 27.0 Å². The van der Waals surface area contributed by atoms with Crippen LogP contribution in [0.5, 0.6) is 0 Å². The van der Waals surface area contributed by atoms with Crippen molar-refractivity contribution >= 4 is 56.5 Å². The van der Waals surface area contributed by atoms with E-state index in [1.54, 1.807) is 0 Å². The van der Waals surface area contributed by atoms with Crippen LogP contribution in [-0.4, -0.2) is 14.5 Å². The van der Waals surface area contributed by atoms with Crippen LogP contribution in [0.3, 0.4) is 0 Å². The van der Waals surface area contributed by atoms with Gasteiger partial charge in [-0.05, 0) is 80.5 Å². The van der Waals surface area contributed by atoms with E-state index in [0.717, 1.165) is 105 Å². The number of para-hydroxylation sites is 2. The molecule has 0 saturated heterocycles. The number of fused-ring (bicyclic) bond motifs is 5. The summed E-state index contributed by atoms with van der Waals surface area (Å²) >= 11 is 6.23. The Balaban J connectivity index is 0.00000567. The summed E-state index contributed by atoms with van der Waals surface area (Å²) in [6, 6.07) is 62.5. The summed E-state index contributed by atoms with van der Waals surface area (Å²) in [7, 11) is 0. The normalized spacial score (nSPS) is 12.3. The van der Waals surface area contributed by atoms with Crippen LogP contribution in [0.15, 0.2) is 179 Å². The molecule has 70 heavy (non-hydrogen) atoms. The van der Waals surface area contributed by atoms with Crippen molar-refractivity contribution in [2.45, 2.75) is 83.5 Å². The Hall–Kier alpha value is -6.65. The van der Waals surface area contributed by atoms with Gasteiger partial charge in [-0.2, -0.15) is 4.90 Å². The number of imidazole rings is 1. The standard InChI is InChI=1S/C64H56N3OS.Pt/c1-62(2,3)43-27-29-53(50(36-43)40-21-14-11-15-22-40)67-54-25-18-24-49(57-56(69)30-28-48-47-23-16-17-26-55(47)68-60(48)57)59(54)66-61(67)42-33-41(34-44(35-42)63(4,5)6)51-37-45(64(7,8)9)38-52-46(31-32-65-58(51)52)39-19-12-10-13-20-39;/h10-32,34-38,69H,1-9H3;/q-1;+2/p-1. The van der Waals surface area contributed by atoms with Crippen LogP contribution in [0.2, 0.25) is 0 Å². The molecule has 11 aromatic rings. The van der Waals surface area contributed by atoms with E-state index in [9.17, 15) is 0 Å². The molecule has 11 rings (SSSR count). The first kappa shape index (κ1) is 47.0. The molecule has 0 bridgehead atoms. The number of nitrogens with zero attached hydrogens (tertiary/aromatic N) is 3. The van der Waals surface area contributed by atoms with Gasteiger partial charge in [0.2, 0.25) is 0 Å². The SMILES string of the molecule is CC(C)(C)c1cc(-c2cc(C(C)(C)C)cc3c(-c4ccccc4)ccnc23)[c-]c(-c2nc3c(-c4c([S-])ccc5c4oc4ccccc45)cccc3n2-c2ccc(C(C)(C)C)cc2-c2ccccc2)c1.[Pt+2]. The van der Waals surface area contributed by atoms with Crippen molar-refractivity contribution in [3.63, 3.8) is 0 Å². The smallest absolute Gasteiger partial charge is 0.779 e. The van der Waals surface area contributed by atoms with Gasteiger partial charge in [-0.3, -0.25) is 9.97 Å². The molecule has 0 aliphatic heterocycles. The second kappa shape index (κ2) is 17.6. The van der Waals surface area contributed by atoms with Crippen LogP contribution in [0.25, 0.3) is 105 Å². The number of aromatic nitrogens is 3. The third kappa shape index (κ3) is 8.27. The van der Waals surface area contributed by atoms with Gasteiger partial charge in [-0.25, -0.2) is 0 Å². The molecular formula is C64H55N3OPtS. The third-order valence-corrected chi connectivity index (χ3v) is 14.1. The predicted octanol–water partition coefficient (Wildman–Crippen LogP) is 17.4. The largest absolute Gasteiger partial charge is 2.00 e. The molecule has 4 nitrogen and oxygen atoms in total. The summed E-state index contributed by atoms with van der Waals surface area (Å²) in [6.45, 7) is 20.5. The Labute approximate surface area is 431 Å². The second-order valence-corrected chi connectivity index (χ2v) is 22.0. The van der Waals surface area contributed by atoms with E-state index in [1.807, 2.05) is 24.4 Å². The van der Waals surface area contributed by atoms with Gasteiger partial charge in [-0.1, -0.05) is 189 Å². The van der Waals surface area contributed by atoms with Crippen LogP contribution in [0.1, 0.15) is 79.0 Å². The number of hydrogen-bond donors (Lipinski definition) is 0. The van der Waals surface area contributed by atoms with E-state index < -0.39 is 0 Å². The molecule has 6 heteroatoms. The van der Waals surface area contributed by atoms with E-state index in [2.05, 4.69) is 219 Å². The minimum Gasteiger partial charge on any atom is -0.779 e. The molecular weight excluding hydrogens is 1050 g/mol. The van der Waals surface area contributed by atoms with E-state index in [0.29, 0.717) is 4.90 Å². The summed E-state index contributed by atoms with van der Waals surface area (Å²) in [5, 5.41) is 3.20. The van der Waals surface area contributed by atoms with Crippen molar-refractivity contribution < 1.29 is 25.5 Å². The van der Waals surface area contributed by atoms with Gasteiger partial charge in [-0.15, -0.1) is 29.3 Å². The molecule has 0 fully saturated rings. The zero-order valence-electron chi connectivity index (χ0n) is 41.1. The Morgan fingerprint density at radius 1 is 0.500 bits per heavy atom. The Bertz CT molecular complexity index is 3790. The molecule has 0 N–H and O–H groups in total. The van der Waals surface area contributed by atoms with Crippen LogP contribution in [0.4, 0.5) is 0 Å². The van der Waals surface area contributed by atoms with Gasteiger partial charge in [0.1, 0.15) is 11.2 Å². The molecule has 8 aromatic carbocycles. The predicted molar refractivity (Wildman–Crippen MR) is 291 cm³/mol. The third-order valence-electron chi connectivity index (χ3n) is 13.7. The van der Waals surface area contributed by atoms with Gasteiger partial charge in [0.15, 0.2) is 0 Å². The molecule has 0 aliphatic carbocycles. The minimum atomic E-state index is -0.224. The first-order chi connectivity index (χ1) is 33.0. The fourth-order valence-electron chi connectivity index (χ4n) is 9.83. The van der Waals surface area contributed by atoms with Crippen molar-refractivity contribution in [2.75, 3.05) is 0 Å². The van der Waals surface area contributed by atoms with Crippen LogP contribution in [0, 0.1) is 6.07 Å². The molecule has 0 radical (unpaired) electrons. The number of furan rings is 1. The van der Waals surface area contributed by atoms with Crippen molar-refractivity contribution in [1.82, 2.24) is 14.5 Å². The maximum absolute atomic E-state index is 6.71. The van der Waals surface area contributed by atoms with Crippen LogP contribution in [-0.2, 0) is 49.9 Å². The average Bonchev–Trinajstić information content (AvgIpc) is 3.92. The minimum absolute atomic E-state index is 0. The zero-order valence-corrected chi connectivity index (χ0v) is 44.2. The van der Waals surface area contributed by atoms with Crippen molar-refractivity contribution in [3.05, 3.63) is 193 Å². The molecule has 0 unspecified atom stereocenters. The van der Waals surface area contributed by atoms with Crippen LogP contribution >= 0.6 is 0 Å². The average molecular weight is 1110 g/mol. The van der Waals surface area contributed by atoms with Gasteiger partial charge in [0.05, 0.1) is 16.9 Å². The Kier molecular flexibility index (Phi) is 11.9. The van der Waals surface area contributed by atoms with Crippen molar-refractivity contribution in [3.8, 4) is 61.6 Å². The van der Waals surface area contributed by atoms with E-state index >= 15 is 0 Å². The topological polar surface area (TPSA) is 43.9 Å². The van der Waals surface area contributed by atoms with Gasteiger partial charge < -0.3 is 21.6 Å². The van der Waals surface area contributed by atoms with Gasteiger partial charge in [0.25, 0.3) is 0 Å². The second-order valence-electron chi connectivity index (χ2n) is 21.5.